The van der Waals surface area contributed by atoms with E-state index in [2.05, 4.69) is 20.3 Å². The summed E-state index contributed by atoms with van der Waals surface area (Å²) >= 11 is 0. The minimum Gasteiger partial charge on any atom is -0.467 e. The lowest BCUT2D eigenvalue weighted by Crippen LogP contribution is -2.37. The maximum atomic E-state index is 11.2. The van der Waals surface area contributed by atoms with Gasteiger partial charge in [-0.3, -0.25) is 4.79 Å². The maximum Gasteiger partial charge on any atom is 0.322 e. The van der Waals surface area contributed by atoms with Crippen molar-refractivity contribution in [1.29, 1.82) is 0 Å². The van der Waals surface area contributed by atoms with Crippen molar-refractivity contribution in [2.45, 2.75) is 20.8 Å². The fourth-order valence-corrected chi connectivity index (χ4v) is 1.66. The molecule has 1 aromatic rings. The van der Waals surface area contributed by atoms with Crippen LogP contribution < -0.4 is 20.7 Å². The number of ether oxygens (including phenoxy) is 1. The quantitative estimate of drug-likeness (QED) is 0.704. The van der Waals surface area contributed by atoms with Crippen LogP contribution in [0, 0.1) is 5.92 Å². The zero-order valence-corrected chi connectivity index (χ0v) is 12.4. The molecule has 0 unspecified atom stereocenters. The van der Waals surface area contributed by atoms with Gasteiger partial charge in [0.1, 0.15) is 0 Å². The third kappa shape index (κ3) is 4.87. The van der Waals surface area contributed by atoms with Crippen LogP contribution in [-0.4, -0.2) is 47.6 Å². The molecule has 0 aromatic carbocycles. The van der Waals surface area contributed by atoms with Gasteiger partial charge in [0.15, 0.2) is 0 Å². The summed E-state index contributed by atoms with van der Waals surface area (Å²) < 4.78 is 5.06. The van der Waals surface area contributed by atoms with E-state index in [1.165, 1.54) is 7.11 Å². The first kappa shape index (κ1) is 15.9. The van der Waals surface area contributed by atoms with Gasteiger partial charge in [-0.05, 0) is 12.8 Å². The minimum absolute atomic E-state index is 0.0525. The molecule has 1 heterocycles. The lowest BCUT2D eigenvalue weighted by atomic mass is 10.2. The van der Waals surface area contributed by atoms with E-state index in [0.717, 1.165) is 0 Å². The summed E-state index contributed by atoms with van der Waals surface area (Å²) in [5.41, 5.74) is 5.28. The van der Waals surface area contributed by atoms with E-state index in [0.29, 0.717) is 30.9 Å². The standard InChI is InChI=1S/C12H22N6O2/c1-5-14-10-15-11(17-12(16-10)20-4)18(6-8(2)3)7-9(13)19/h8H,5-7H2,1-4H3,(H2,13,19)(H,14,15,16,17). The summed E-state index contributed by atoms with van der Waals surface area (Å²) in [7, 11) is 1.48. The van der Waals surface area contributed by atoms with Crippen molar-refractivity contribution in [2.75, 3.05) is 37.0 Å². The molecule has 0 spiro atoms. The molecular formula is C12H22N6O2. The van der Waals surface area contributed by atoms with E-state index < -0.39 is 5.91 Å². The smallest absolute Gasteiger partial charge is 0.322 e. The molecule has 0 aliphatic heterocycles. The molecule has 0 radical (unpaired) electrons. The molecule has 8 heteroatoms. The van der Waals surface area contributed by atoms with Gasteiger partial charge in [-0.15, -0.1) is 0 Å². The molecule has 1 amide bonds. The lowest BCUT2D eigenvalue weighted by Gasteiger charge is -2.23. The Morgan fingerprint density at radius 3 is 2.60 bits per heavy atom. The number of primary amides is 1. The van der Waals surface area contributed by atoms with Gasteiger partial charge in [-0.2, -0.15) is 15.0 Å². The predicted molar refractivity (Wildman–Crippen MR) is 76.8 cm³/mol. The third-order valence-corrected chi connectivity index (χ3v) is 2.34. The van der Waals surface area contributed by atoms with E-state index in [1.54, 1.807) is 4.90 Å². The Kier molecular flexibility index (Phi) is 5.95. The van der Waals surface area contributed by atoms with Crippen molar-refractivity contribution in [2.24, 2.45) is 11.7 Å². The van der Waals surface area contributed by atoms with E-state index in [1.807, 2.05) is 20.8 Å². The summed E-state index contributed by atoms with van der Waals surface area (Å²) in [5.74, 6) is 0.683. The fraction of sp³-hybridized carbons (Fsp3) is 0.667. The molecule has 0 fully saturated rings. The highest BCUT2D eigenvalue weighted by molar-refractivity contribution is 5.78. The molecule has 1 aromatic heterocycles. The highest BCUT2D eigenvalue weighted by Crippen LogP contribution is 2.15. The van der Waals surface area contributed by atoms with Gasteiger partial charge in [-0.25, -0.2) is 0 Å². The van der Waals surface area contributed by atoms with E-state index in [-0.39, 0.29) is 12.6 Å². The van der Waals surface area contributed by atoms with Gasteiger partial charge in [0.05, 0.1) is 13.7 Å². The van der Waals surface area contributed by atoms with Gasteiger partial charge in [0, 0.05) is 13.1 Å². The Balaban J connectivity index is 3.09. The van der Waals surface area contributed by atoms with Crippen LogP contribution >= 0.6 is 0 Å². The summed E-state index contributed by atoms with van der Waals surface area (Å²) in [5, 5.41) is 3.00. The zero-order valence-electron chi connectivity index (χ0n) is 12.4. The Morgan fingerprint density at radius 1 is 1.40 bits per heavy atom. The van der Waals surface area contributed by atoms with Crippen LogP contribution in [0.15, 0.2) is 0 Å². The molecule has 0 aliphatic carbocycles. The van der Waals surface area contributed by atoms with Crippen LogP contribution in [0.3, 0.4) is 0 Å². The molecular weight excluding hydrogens is 260 g/mol. The Bertz CT molecular complexity index is 452. The molecule has 1 rings (SSSR count). The van der Waals surface area contributed by atoms with Gasteiger partial charge >= 0.3 is 6.01 Å². The molecule has 0 saturated carbocycles. The number of carbonyl (C=O) groups is 1. The predicted octanol–water partition coefficient (Wildman–Crippen LogP) is 0.260. The third-order valence-electron chi connectivity index (χ3n) is 2.34. The van der Waals surface area contributed by atoms with Crippen LogP contribution in [0.25, 0.3) is 0 Å². The molecule has 112 valence electrons. The summed E-state index contributed by atoms with van der Waals surface area (Å²) in [4.78, 5) is 25.5. The van der Waals surface area contributed by atoms with Crippen LogP contribution in [0.4, 0.5) is 11.9 Å². The molecule has 8 nitrogen and oxygen atoms in total. The van der Waals surface area contributed by atoms with Crippen molar-refractivity contribution in [3.63, 3.8) is 0 Å². The van der Waals surface area contributed by atoms with E-state index >= 15 is 0 Å². The number of anilines is 2. The van der Waals surface area contributed by atoms with Crippen LogP contribution in [0.2, 0.25) is 0 Å². The van der Waals surface area contributed by atoms with Crippen molar-refractivity contribution in [3.05, 3.63) is 0 Å². The number of nitrogens with two attached hydrogens (primary N) is 1. The summed E-state index contributed by atoms with van der Waals surface area (Å²) in [6.45, 7) is 7.35. The van der Waals surface area contributed by atoms with Crippen molar-refractivity contribution >= 4 is 17.8 Å². The molecule has 0 atom stereocenters. The number of nitrogens with one attached hydrogen (secondary N) is 1. The Labute approximate surface area is 118 Å². The monoisotopic (exact) mass is 282 g/mol. The number of hydrogen-bond acceptors (Lipinski definition) is 7. The van der Waals surface area contributed by atoms with E-state index in [4.69, 9.17) is 10.5 Å². The number of hydrogen-bond donors (Lipinski definition) is 2. The second kappa shape index (κ2) is 7.46. The molecule has 20 heavy (non-hydrogen) atoms. The second-order valence-corrected chi connectivity index (χ2v) is 4.72. The first-order valence-corrected chi connectivity index (χ1v) is 6.53. The van der Waals surface area contributed by atoms with Gasteiger partial charge in [-0.1, -0.05) is 13.8 Å². The number of rotatable bonds is 8. The van der Waals surface area contributed by atoms with Gasteiger partial charge in [0.2, 0.25) is 17.8 Å². The Hall–Kier alpha value is -2.12. The van der Waals surface area contributed by atoms with E-state index in [9.17, 15) is 4.79 Å². The number of amides is 1. The fourth-order valence-electron chi connectivity index (χ4n) is 1.66. The minimum atomic E-state index is -0.435. The zero-order chi connectivity index (χ0) is 15.1. The van der Waals surface area contributed by atoms with Crippen molar-refractivity contribution < 1.29 is 9.53 Å². The van der Waals surface area contributed by atoms with Crippen molar-refractivity contribution in [1.82, 2.24) is 15.0 Å². The SMILES string of the molecule is CCNc1nc(OC)nc(N(CC(N)=O)CC(C)C)n1. The first-order chi connectivity index (χ1) is 9.46. The average molecular weight is 282 g/mol. The summed E-state index contributed by atoms with van der Waals surface area (Å²) in [6.07, 6.45) is 0. The summed E-state index contributed by atoms with van der Waals surface area (Å²) in [6, 6.07) is 0.198. The molecule has 0 aliphatic rings. The number of aromatic nitrogens is 3. The molecule has 0 bridgehead atoms. The van der Waals surface area contributed by atoms with Crippen LogP contribution in [0.5, 0.6) is 6.01 Å². The Morgan fingerprint density at radius 2 is 2.10 bits per heavy atom. The normalized spacial score (nSPS) is 10.4. The molecule has 3 N–H and O–H groups in total. The molecule has 0 saturated heterocycles. The largest absolute Gasteiger partial charge is 0.467 e. The average Bonchev–Trinajstić information content (AvgIpc) is 2.37. The highest BCUT2D eigenvalue weighted by atomic mass is 16.5. The topological polar surface area (TPSA) is 106 Å². The second-order valence-electron chi connectivity index (χ2n) is 4.72. The van der Waals surface area contributed by atoms with Crippen LogP contribution in [-0.2, 0) is 4.79 Å². The first-order valence-electron chi connectivity index (χ1n) is 6.53. The number of methoxy groups -OCH3 is 1. The van der Waals surface area contributed by atoms with Crippen molar-refractivity contribution in [3.8, 4) is 6.01 Å². The number of carbonyl (C=O) groups excluding carboxylic acids is 1. The lowest BCUT2D eigenvalue weighted by molar-refractivity contribution is -0.116. The van der Waals surface area contributed by atoms with Crippen LogP contribution in [0.1, 0.15) is 20.8 Å². The maximum absolute atomic E-state index is 11.2. The van der Waals surface area contributed by atoms with Gasteiger partial charge < -0.3 is 20.7 Å². The van der Waals surface area contributed by atoms with Gasteiger partial charge in [0.25, 0.3) is 0 Å². The highest BCUT2D eigenvalue weighted by Gasteiger charge is 2.17. The number of nitrogens with zero attached hydrogens (tertiary/aromatic N) is 4.